The van der Waals surface area contributed by atoms with Crippen LogP contribution in [0.2, 0.25) is 0 Å². The zero-order chi connectivity index (χ0) is 28.5. The van der Waals surface area contributed by atoms with Gasteiger partial charge < -0.3 is 15.2 Å². The fourth-order valence-corrected chi connectivity index (χ4v) is 5.88. The smallest absolute Gasteiger partial charge is 0.326 e. The number of nitrogens with one attached hydrogen (secondary N) is 1. The number of thioether (sulfide) groups is 1. The first-order chi connectivity index (χ1) is 19.4. The van der Waals surface area contributed by atoms with Crippen LogP contribution in [0.1, 0.15) is 47.7 Å². The Morgan fingerprint density at radius 3 is 2.52 bits per heavy atom. The van der Waals surface area contributed by atoms with Gasteiger partial charge in [0.1, 0.15) is 18.4 Å². The Kier molecular flexibility index (Phi) is 10.7. The van der Waals surface area contributed by atoms with Gasteiger partial charge in [-0.3, -0.25) is 9.69 Å². The van der Waals surface area contributed by atoms with Crippen molar-refractivity contribution in [2.24, 2.45) is 5.92 Å². The maximum absolute atomic E-state index is 13.4. The van der Waals surface area contributed by atoms with Crippen LogP contribution in [0.4, 0.5) is 0 Å². The van der Waals surface area contributed by atoms with Crippen molar-refractivity contribution in [2.45, 2.75) is 51.7 Å². The van der Waals surface area contributed by atoms with Gasteiger partial charge in [-0.2, -0.15) is 11.8 Å². The molecule has 7 heteroatoms. The van der Waals surface area contributed by atoms with E-state index in [0.717, 1.165) is 53.9 Å². The highest BCUT2D eigenvalue weighted by Gasteiger charge is 2.32. The highest BCUT2D eigenvalue weighted by atomic mass is 32.2. The normalized spacial score (nSPS) is 17.9. The van der Waals surface area contributed by atoms with Gasteiger partial charge >= 0.3 is 5.97 Å². The van der Waals surface area contributed by atoms with Gasteiger partial charge in [-0.15, -0.1) is 0 Å². The van der Waals surface area contributed by atoms with Gasteiger partial charge in [0.25, 0.3) is 5.91 Å². The average molecular weight is 561 g/mol. The lowest BCUT2D eigenvalue weighted by atomic mass is 9.93. The van der Waals surface area contributed by atoms with Crippen molar-refractivity contribution in [3.8, 4) is 16.9 Å². The van der Waals surface area contributed by atoms with Gasteiger partial charge in [0, 0.05) is 24.7 Å². The van der Waals surface area contributed by atoms with Crippen molar-refractivity contribution < 1.29 is 19.4 Å². The summed E-state index contributed by atoms with van der Waals surface area (Å²) in [5.74, 6) is 0.792. The molecule has 6 nitrogen and oxygen atoms in total. The van der Waals surface area contributed by atoms with Gasteiger partial charge in [-0.25, -0.2) is 4.79 Å². The second-order valence-corrected chi connectivity index (χ2v) is 11.5. The third-order valence-corrected chi connectivity index (χ3v) is 8.38. The Bertz CT molecular complexity index is 1280. The molecule has 1 fully saturated rings. The number of carboxylic acids is 1. The highest BCUT2D eigenvalue weighted by Crippen LogP contribution is 2.32. The molecule has 0 aromatic heterocycles. The fourth-order valence-electron chi connectivity index (χ4n) is 5.41. The van der Waals surface area contributed by atoms with Gasteiger partial charge in [0.15, 0.2) is 0 Å². The van der Waals surface area contributed by atoms with Crippen molar-refractivity contribution in [3.05, 3.63) is 89.5 Å². The first-order valence-corrected chi connectivity index (χ1v) is 15.4. The molecular weight excluding hydrogens is 520 g/mol. The molecule has 1 heterocycles. The molecule has 40 heavy (non-hydrogen) atoms. The molecule has 1 amide bonds. The first kappa shape index (κ1) is 29.7. The summed E-state index contributed by atoms with van der Waals surface area (Å²) < 4.78 is 6.15. The molecule has 1 aliphatic rings. The summed E-state index contributed by atoms with van der Waals surface area (Å²) in [5.41, 5.74) is 4.47. The molecule has 3 atom stereocenters. The number of carbonyl (C=O) groups is 2. The summed E-state index contributed by atoms with van der Waals surface area (Å²) >= 11 is 1.56. The number of aliphatic carboxylic acids is 1. The Hall–Kier alpha value is -3.29. The Labute approximate surface area is 242 Å². The third kappa shape index (κ3) is 7.67. The Morgan fingerprint density at radius 1 is 1.07 bits per heavy atom. The van der Waals surface area contributed by atoms with E-state index in [4.69, 9.17) is 4.74 Å². The van der Waals surface area contributed by atoms with Crippen molar-refractivity contribution in [1.82, 2.24) is 10.2 Å². The van der Waals surface area contributed by atoms with E-state index in [9.17, 15) is 14.7 Å². The zero-order valence-electron chi connectivity index (χ0n) is 23.6. The molecule has 212 valence electrons. The molecule has 0 radical (unpaired) electrons. The minimum absolute atomic E-state index is 0.308. The van der Waals surface area contributed by atoms with Crippen molar-refractivity contribution in [3.63, 3.8) is 0 Å². The van der Waals surface area contributed by atoms with Crippen LogP contribution in [0, 0.1) is 12.8 Å². The molecule has 0 spiro atoms. The van der Waals surface area contributed by atoms with E-state index < -0.39 is 12.0 Å². The maximum atomic E-state index is 13.4. The molecular formula is C33H40N2O4S. The number of nitrogens with zero attached hydrogens (tertiary/aromatic N) is 1. The molecule has 3 aromatic carbocycles. The lowest BCUT2D eigenvalue weighted by Gasteiger charge is -2.25. The number of hydrogen-bond donors (Lipinski definition) is 2. The summed E-state index contributed by atoms with van der Waals surface area (Å²) in [6, 6.07) is 23.3. The van der Waals surface area contributed by atoms with Gasteiger partial charge in [-0.05, 0) is 84.2 Å². The number of amides is 1. The minimum atomic E-state index is -1.01. The first-order valence-electron chi connectivity index (χ1n) is 14.0. The van der Waals surface area contributed by atoms with E-state index in [0.29, 0.717) is 36.3 Å². The summed E-state index contributed by atoms with van der Waals surface area (Å²) in [7, 11) is 0. The summed E-state index contributed by atoms with van der Waals surface area (Å²) in [6.07, 6.45) is 4.53. The molecule has 4 rings (SSSR count). The quantitative estimate of drug-likeness (QED) is 0.256. The maximum Gasteiger partial charge on any atom is 0.326 e. The summed E-state index contributed by atoms with van der Waals surface area (Å²) in [4.78, 5) is 27.7. The lowest BCUT2D eigenvalue weighted by Crippen LogP contribution is -2.41. The molecule has 3 aromatic rings. The third-order valence-electron chi connectivity index (χ3n) is 7.74. The molecule has 0 unspecified atom stereocenters. The molecule has 0 saturated carbocycles. The minimum Gasteiger partial charge on any atom is -0.492 e. The molecule has 0 bridgehead atoms. The lowest BCUT2D eigenvalue weighted by molar-refractivity contribution is -0.139. The summed E-state index contributed by atoms with van der Waals surface area (Å²) in [6.45, 7) is 6.68. The van der Waals surface area contributed by atoms with E-state index in [-0.39, 0.29) is 5.91 Å². The van der Waals surface area contributed by atoms with Crippen LogP contribution in [0.25, 0.3) is 11.1 Å². The number of para-hydroxylation sites is 1. The van der Waals surface area contributed by atoms with Crippen LogP contribution in [-0.2, 0) is 11.3 Å². The standard InChI is InChI=1S/C33H40N2O4S/c1-4-24-18-26(22-39-27-11-6-5-7-12-27)35(20-24)21-25-14-15-29(30(19-25)28-13-9-8-10-23(28)2)32(36)34-31(33(37)38)16-17-40-3/h5-15,19,24,26,31H,4,16-18,20-22H2,1-3H3,(H,34,36)(H,37,38)/t24-,26-,31-/m0/s1. The largest absolute Gasteiger partial charge is 0.492 e. The fraction of sp³-hybridized carbons (Fsp3) is 0.394. The topological polar surface area (TPSA) is 78.9 Å². The number of ether oxygens (including phenoxy) is 1. The number of rotatable bonds is 13. The number of likely N-dealkylation sites (tertiary alicyclic amines) is 1. The number of carbonyl (C=O) groups excluding carboxylic acids is 1. The predicted molar refractivity (Wildman–Crippen MR) is 163 cm³/mol. The predicted octanol–water partition coefficient (Wildman–Crippen LogP) is 6.28. The van der Waals surface area contributed by atoms with Gasteiger partial charge in [0.05, 0.1) is 0 Å². The van der Waals surface area contributed by atoms with E-state index >= 15 is 0 Å². The highest BCUT2D eigenvalue weighted by molar-refractivity contribution is 7.98. The second-order valence-electron chi connectivity index (χ2n) is 10.6. The van der Waals surface area contributed by atoms with Crippen LogP contribution < -0.4 is 10.1 Å². The molecule has 1 saturated heterocycles. The van der Waals surface area contributed by atoms with E-state index in [2.05, 4.69) is 23.2 Å². The van der Waals surface area contributed by atoms with Crippen LogP contribution in [0.5, 0.6) is 5.75 Å². The van der Waals surface area contributed by atoms with Crippen LogP contribution in [0.3, 0.4) is 0 Å². The average Bonchev–Trinajstić information content (AvgIpc) is 3.36. The number of hydrogen-bond acceptors (Lipinski definition) is 5. The monoisotopic (exact) mass is 560 g/mol. The van der Waals surface area contributed by atoms with Crippen LogP contribution >= 0.6 is 11.8 Å². The Balaban J connectivity index is 1.59. The van der Waals surface area contributed by atoms with Crippen molar-refractivity contribution in [2.75, 3.05) is 25.2 Å². The molecule has 2 N–H and O–H groups in total. The SMILES string of the molecule is CC[C@H]1C[C@@H](COc2ccccc2)N(Cc2ccc(C(=O)N[C@@H](CCSC)C(=O)O)c(-c3ccccc3C)c2)C1. The molecule has 1 aliphatic heterocycles. The number of carboxylic acid groups (broad SMARTS) is 1. The van der Waals surface area contributed by atoms with Crippen molar-refractivity contribution >= 4 is 23.6 Å². The van der Waals surface area contributed by atoms with E-state index in [1.165, 1.54) is 0 Å². The van der Waals surface area contributed by atoms with Crippen molar-refractivity contribution in [1.29, 1.82) is 0 Å². The van der Waals surface area contributed by atoms with E-state index in [1.54, 1.807) is 11.8 Å². The zero-order valence-corrected chi connectivity index (χ0v) is 24.5. The second kappa shape index (κ2) is 14.4. The van der Waals surface area contributed by atoms with E-state index in [1.807, 2.05) is 79.9 Å². The van der Waals surface area contributed by atoms with Crippen LogP contribution in [-0.4, -0.2) is 59.1 Å². The van der Waals surface area contributed by atoms with Gasteiger partial charge in [0.2, 0.25) is 0 Å². The number of benzene rings is 3. The summed E-state index contributed by atoms with van der Waals surface area (Å²) in [5, 5.41) is 12.4. The molecule has 0 aliphatic carbocycles. The van der Waals surface area contributed by atoms with Crippen LogP contribution in [0.15, 0.2) is 72.8 Å². The number of aryl methyl sites for hydroxylation is 1. The Morgan fingerprint density at radius 2 is 1.82 bits per heavy atom. The van der Waals surface area contributed by atoms with Gasteiger partial charge in [-0.1, -0.05) is 61.9 Å².